The van der Waals surface area contributed by atoms with Gasteiger partial charge in [0.1, 0.15) is 0 Å². The standard InChI is InChI=1S/C15H22N4S/c1-9-6-11(10(2)19-18-9)12(16)7-14-17-13(8-20-14)15(3,4)5/h6,8,12H,7,16H2,1-5H3. The van der Waals surface area contributed by atoms with E-state index in [0.717, 1.165) is 34.1 Å². The number of rotatable bonds is 3. The van der Waals surface area contributed by atoms with Crippen molar-refractivity contribution in [3.05, 3.63) is 39.1 Å². The van der Waals surface area contributed by atoms with Gasteiger partial charge in [-0.05, 0) is 25.5 Å². The lowest BCUT2D eigenvalue weighted by atomic mass is 9.93. The van der Waals surface area contributed by atoms with Gasteiger partial charge in [-0.25, -0.2) is 4.98 Å². The van der Waals surface area contributed by atoms with Crippen LogP contribution in [0.25, 0.3) is 0 Å². The monoisotopic (exact) mass is 290 g/mol. The molecule has 0 amide bonds. The van der Waals surface area contributed by atoms with E-state index in [1.165, 1.54) is 0 Å². The molecule has 0 bridgehead atoms. The van der Waals surface area contributed by atoms with Gasteiger partial charge in [-0.1, -0.05) is 20.8 Å². The van der Waals surface area contributed by atoms with Crippen LogP contribution in [-0.4, -0.2) is 15.2 Å². The molecular weight excluding hydrogens is 268 g/mol. The lowest BCUT2D eigenvalue weighted by molar-refractivity contribution is 0.568. The van der Waals surface area contributed by atoms with Crippen molar-refractivity contribution in [1.82, 2.24) is 15.2 Å². The van der Waals surface area contributed by atoms with Crippen molar-refractivity contribution in [2.24, 2.45) is 5.73 Å². The Bertz CT molecular complexity index is 598. The number of hydrogen-bond donors (Lipinski definition) is 1. The molecule has 1 unspecified atom stereocenters. The van der Waals surface area contributed by atoms with Crippen molar-refractivity contribution < 1.29 is 0 Å². The van der Waals surface area contributed by atoms with Gasteiger partial charge in [-0.2, -0.15) is 10.2 Å². The van der Waals surface area contributed by atoms with Crippen molar-refractivity contribution >= 4 is 11.3 Å². The predicted octanol–water partition coefficient (Wildman–Crippen LogP) is 3.09. The van der Waals surface area contributed by atoms with Crippen LogP contribution in [0.5, 0.6) is 0 Å². The minimum absolute atomic E-state index is 0.0804. The third-order valence-electron chi connectivity index (χ3n) is 3.25. The average molecular weight is 290 g/mol. The fourth-order valence-electron chi connectivity index (χ4n) is 1.99. The highest BCUT2D eigenvalue weighted by Crippen LogP contribution is 2.26. The lowest BCUT2D eigenvalue weighted by Crippen LogP contribution is -2.17. The number of nitrogens with two attached hydrogens (primary N) is 1. The van der Waals surface area contributed by atoms with Crippen LogP contribution in [0.15, 0.2) is 11.4 Å². The summed E-state index contributed by atoms with van der Waals surface area (Å²) in [6.07, 6.45) is 0.743. The van der Waals surface area contributed by atoms with E-state index < -0.39 is 0 Å². The van der Waals surface area contributed by atoms with Crippen molar-refractivity contribution in [3.63, 3.8) is 0 Å². The highest BCUT2D eigenvalue weighted by molar-refractivity contribution is 7.09. The van der Waals surface area contributed by atoms with E-state index in [-0.39, 0.29) is 11.5 Å². The molecule has 1 atom stereocenters. The number of hydrogen-bond acceptors (Lipinski definition) is 5. The molecule has 2 heterocycles. The molecule has 2 N–H and O–H groups in total. The summed E-state index contributed by atoms with van der Waals surface area (Å²) in [5.41, 5.74) is 10.4. The molecule has 0 fully saturated rings. The van der Waals surface area contributed by atoms with Gasteiger partial charge in [0.25, 0.3) is 0 Å². The molecular formula is C15H22N4S. The first-order chi connectivity index (χ1) is 9.27. The van der Waals surface area contributed by atoms with Gasteiger partial charge in [0.05, 0.1) is 22.1 Å². The summed E-state index contributed by atoms with van der Waals surface area (Å²) >= 11 is 1.68. The maximum absolute atomic E-state index is 6.31. The van der Waals surface area contributed by atoms with E-state index >= 15 is 0 Å². The normalized spacial score (nSPS) is 13.5. The molecule has 0 spiro atoms. The lowest BCUT2D eigenvalue weighted by Gasteiger charge is -2.15. The minimum Gasteiger partial charge on any atom is -0.324 e. The largest absolute Gasteiger partial charge is 0.324 e. The van der Waals surface area contributed by atoms with E-state index in [2.05, 4.69) is 36.3 Å². The van der Waals surface area contributed by atoms with E-state index in [1.54, 1.807) is 11.3 Å². The van der Waals surface area contributed by atoms with E-state index in [0.29, 0.717) is 0 Å². The molecule has 2 rings (SSSR count). The summed E-state index contributed by atoms with van der Waals surface area (Å²) in [4.78, 5) is 4.70. The van der Waals surface area contributed by atoms with Gasteiger partial charge >= 0.3 is 0 Å². The van der Waals surface area contributed by atoms with Gasteiger partial charge in [-0.3, -0.25) is 0 Å². The van der Waals surface area contributed by atoms with Gasteiger partial charge in [0.15, 0.2) is 0 Å². The van der Waals surface area contributed by atoms with Crippen molar-refractivity contribution in [3.8, 4) is 0 Å². The third kappa shape index (κ3) is 3.41. The Morgan fingerprint density at radius 2 is 1.95 bits per heavy atom. The smallest absolute Gasteiger partial charge is 0.0947 e. The van der Waals surface area contributed by atoms with Crippen LogP contribution in [0.1, 0.15) is 54.5 Å². The molecule has 20 heavy (non-hydrogen) atoms. The zero-order valence-electron chi connectivity index (χ0n) is 12.8. The molecule has 0 aliphatic carbocycles. The third-order valence-corrected chi connectivity index (χ3v) is 4.13. The summed E-state index contributed by atoms with van der Waals surface area (Å²) in [6, 6.07) is 1.94. The first-order valence-corrected chi connectivity index (χ1v) is 7.66. The average Bonchev–Trinajstić information content (AvgIpc) is 2.80. The van der Waals surface area contributed by atoms with Gasteiger partial charge in [0, 0.05) is 23.3 Å². The molecule has 0 aromatic carbocycles. The topological polar surface area (TPSA) is 64.7 Å². The molecule has 0 aliphatic heterocycles. The Morgan fingerprint density at radius 1 is 1.25 bits per heavy atom. The SMILES string of the molecule is Cc1cc(C(N)Cc2nc(C(C)(C)C)cs2)c(C)nn1. The maximum atomic E-state index is 6.31. The second-order valence-electron chi connectivity index (χ2n) is 6.21. The Kier molecular flexibility index (Phi) is 4.20. The van der Waals surface area contributed by atoms with Crippen LogP contribution in [0.4, 0.5) is 0 Å². The van der Waals surface area contributed by atoms with Gasteiger partial charge < -0.3 is 5.73 Å². The molecule has 5 heteroatoms. The predicted molar refractivity (Wildman–Crippen MR) is 83.0 cm³/mol. The van der Waals surface area contributed by atoms with Crippen LogP contribution < -0.4 is 5.73 Å². The highest BCUT2D eigenvalue weighted by Gasteiger charge is 2.19. The summed E-state index contributed by atoms with van der Waals surface area (Å²) in [6.45, 7) is 10.4. The van der Waals surface area contributed by atoms with Gasteiger partial charge in [-0.15, -0.1) is 11.3 Å². The second kappa shape index (κ2) is 5.58. The molecule has 2 aromatic rings. The van der Waals surface area contributed by atoms with Crippen molar-refractivity contribution in [2.45, 2.75) is 52.5 Å². The summed E-state index contributed by atoms with van der Waals surface area (Å²) in [5.74, 6) is 0. The summed E-state index contributed by atoms with van der Waals surface area (Å²) in [5, 5.41) is 11.4. The Balaban J connectivity index is 2.17. The number of thiazole rings is 1. The number of nitrogens with zero attached hydrogens (tertiary/aromatic N) is 3. The number of aryl methyl sites for hydroxylation is 2. The van der Waals surface area contributed by atoms with Crippen molar-refractivity contribution in [2.75, 3.05) is 0 Å². The molecule has 0 saturated carbocycles. The number of aromatic nitrogens is 3. The molecule has 0 aliphatic rings. The van der Waals surface area contributed by atoms with E-state index in [4.69, 9.17) is 10.7 Å². The molecule has 2 aromatic heterocycles. The van der Waals surface area contributed by atoms with E-state index in [1.807, 2.05) is 19.9 Å². The zero-order valence-corrected chi connectivity index (χ0v) is 13.6. The molecule has 0 radical (unpaired) electrons. The zero-order chi connectivity index (χ0) is 14.9. The van der Waals surface area contributed by atoms with E-state index in [9.17, 15) is 0 Å². The second-order valence-corrected chi connectivity index (χ2v) is 7.16. The Hall–Kier alpha value is -1.33. The Labute approximate surface area is 124 Å². The summed E-state index contributed by atoms with van der Waals surface area (Å²) in [7, 11) is 0. The molecule has 108 valence electrons. The van der Waals surface area contributed by atoms with Gasteiger partial charge in [0.2, 0.25) is 0 Å². The van der Waals surface area contributed by atoms with Crippen LogP contribution in [0, 0.1) is 13.8 Å². The minimum atomic E-state index is -0.0804. The molecule has 4 nitrogen and oxygen atoms in total. The van der Waals surface area contributed by atoms with Crippen LogP contribution in [-0.2, 0) is 11.8 Å². The highest BCUT2D eigenvalue weighted by atomic mass is 32.1. The summed E-state index contributed by atoms with van der Waals surface area (Å²) < 4.78 is 0. The fourth-order valence-corrected chi connectivity index (χ4v) is 3.07. The fraction of sp³-hybridized carbons (Fsp3) is 0.533. The maximum Gasteiger partial charge on any atom is 0.0947 e. The van der Waals surface area contributed by atoms with Crippen LogP contribution in [0.2, 0.25) is 0 Å². The first kappa shape index (κ1) is 15.1. The van der Waals surface area contributed by atoms with Crippen LogP contribution in [0.3, 0.4) is 0 Å². The van der Waals surface area contributed by atoms with Crippen LogP contribution >= 0.6 is 11.3 Å². The van der Waals surface area contributed by atoms with Crippen molar-refractivity contribution in [1.29, 1.82) is 0 Å². The quantitative estimate of drug-likeness (QED) is 0.943. The Morgan fingerprint density at radius 3 is 2.55 bits per heavy atom. The first-order valence-electron chi connectivity index (χ1n) is 6.78. The molecule has 0 saturated heterocycles.